The molecule has 0 aliphatic rings. The average molecular weight is 254 g/mol. The first-order valence-electron chi connectivity index (χ1n) is 6.19. The van der Waals surface area contributed by atoms with Crippen LogP contribution in [0.3, 0.4) is 0 Å². The highest BCUT2D eigenvalue weighted by Crippen LogP contribution is 2.22. The first-order valence-corrected chi connectivity index (χ1v) is 7.07. The van der Waals surface area contributed by atoms with Gasteiger partial charge < -0.3 is 11.1 Å². The van der Waals surface area contributed by atoms with Crippen LogP contribution in [0.1, 0.15) is 51.0 Å². The first kappa shape index (κ1) is 14.2. The maximum Gasteiger partial charge on any atom is 0.242 e. The molecule has 3 nitrogen and oxygen atoms in total. The Balaban J connectivity index is 2.71. The molecular formula is C13H22N2OS. The van der Waals surface area contributed by atoms with E-state index in [-0.39, 0.29) is 11.4 Å². The molecule has 0 bridgehead atoms. The van der Waals surface area contributed by atoms with Crippen molar-refractivity contribution < 1.29 is 4.79 Å². The van der Waals surface area contributed by atoms with Gasteiger partial charge >= 0.3 is 0 Å². The molecule has 1 atom stereocenters. The zero-order chi connectivity index (χ0) is 12.9. The van der Waals surface area contributed by atoms with Gasteiger partial charge in [0.25, 0.3) is 0 Å². The second-order valence-corrected chi connectivity index (χ2v) is 5.30. The monoisotopic (exact) mass is 254 g/mol. The van der Waals surface area contributed by atoms with Crippen LogP contribution in [-0.2, 0) is 4.79 Å². The summed E-state index contributed by atoms with van der Waals surface area (Å²) in [6, 6.07) is 3.28. The molecule has 0 fully saturated rings. The van der Waals surface area contributed by atoms with Gasteiger partial charge in [0.1, 0.15) is 6.04 Å². The van der Waals surface area contributed by atoms with E-state index in [2.05, 4.69) is 26.1 Å². The van der Waals surface area contributed by atoms with Gasteiger partial charge in [-0.3, -0.25) is 4.79 Å². The Morgan fingerprint density at radius 3 is 2.41 bits per heavy atom. The summed E-state index contributed by atoms with van der Waals surface area (Å²) in [6.07, 6.45) is 2.80. The van der Waals surface area contributed by atoms with Gasteiger partial charge in [0.2, 0.25) is 5.91 Å². The third-order valence-electron chi connectivity index (χ3n) is 3.55. The Kier molecular flexibility index (Phi) is 5.15. The number of amides is 1. The van der Waals surface area contributed by atoms with Crippen molar-refractivity contribution in [2.45, 2.75) is 51.6 Å². The Morgan fingerprint density at radius 1 is 1.41 bits per heavy atom. The van der Waals surface area contributed by atoms with Crippen molar-refractivity contribution >= 4 is 17.2 Å². The summed E-state index contributed by atoms with van der Waals surface area (Å²) in [6.45, 7) is 6.30. The Hall–Kier alpha value is -0.870. The van der Waals surface area contributed by atoms with Gasteiger partial charge in [-0.15, -0.1) is 11.3 Å². The number of nitrogens with one attached hydrogen (secondary N) is 1. The second kappa shape index (κ2) is 6.17. The molecule has 0 aromatic carbocycles. The summed E-state index contributed by atoms with van der Waals surface area (Å²) < 4.78 is 0. The lowest BCUT2D eigenvalue weighted by atomic mass is 9.89. The van der Waals surface area contributed by atoms with Gasteiger partial charge in [-0.2, -0.15) is 0 Å². The van der Waals surface area contributed by atoms with E-state index >= 15 is 0 Å². The van der Waals surface area contributed by atoms with Gasteiger partial charge in [-0.1, -0.05) is 26.8 Å². The number of hydrogen-bond acceptors (Lipinski definition) is 3. The number of carbonyl (C=O) groups excluding carboxylic acids is 1. The summed E-state index contributed by atoms with van der Waals surface area (Å²) in [5.74, 6) is -0.0713. The van der Waals surface area contributed by atoms with Crippen LogP contribution >= 0.6 is 11.3 Å². The number of thiophene rings is 1. The normalized spacial score (nSPS) is 13.4. The molecule has 0 aliphatic carbocycles. The minimum absolute atomic E-state index is 0.0713. The van der Waals surface area contributed by atoms with E-state index < -0.39 is 6.04 Å². The molecule has 1 amide bonds. The predicted molar refractivity (Wildman–Crippen MR) is 73.0 cm³/mol. The zero-order valence-corrected chi connectivity index (χ0v) is 11.6. The maximum absolute atomic E-state index is 12.1. The standard InChI is InChI=1S/C13H22N2OS/c1-4-13(5-2,6-3)15-12(16)11(14)10-8-7-9-17-10/h7-9,11H,4-6,14H2,1-3H3,(H,15,16). The lowest BCUT2D eigenvalue weighted by molar-refractivity contribution is -0.124. The van der Waals surface area contributed by atoms with E-state index in [1.165, 1.54) is 11.3 Å². The molecule has 1 aromatic rings. The maximum atomic E-state index is 12.1. The smallest absolute Gasteiger partial charge is 0.242 e. The van der Waals surface area contributed by atoms with Crippen molar-refractivity contribution in [3.63, 3.8) is 0 Å². The minimum atomic E-state index is -0.543. The van der Waals surface area contributed by atoms with Gasteiger partial charge in [-0.05, 0) is 30.7 Å². The van der Waals surface area contributed by atoms with E-state index in [4.69, 9.17) is 5.73 Å². The SMILES string of the molecule is CCC(CC)(CC)NC(=O)C(N)c1cccs1. The summed E-state index contributed by atoms with van der Waals surface area (Å²) in [5, 5.41) is 5.05. The van der Waals surface area contributed by atoms with E-state index in [0.29, 0.717) is 0 Å². The first-order chi connectivity index (χ1) is 8.08. The quantitative estimate of drug-likeness (QED) is 0.820. The zero-order valence-electron chi connectivity index (χ0n) is 10.8. The van der Waals surface area contributed by atoms with Crippen molar-refractivity contribution in [2.24, 2.45) is 5.73 Å². The Labute approximate surface area is 107 Å². The van der Waals surface area contributed by atoms with Crippen molar-refractivity contribution in [3.05, 3.63) is 22.4 Å². The van der Waals surface area contributed by atoms with Crippen LogP contribution < -0.4 is 11.1 Å². The van der Waals surface area contributed by atoms with E-state index in [9.17, 15) is 4.79 Å². The van der Waals surface area contributed by atoms with Crippen LogP contribution in [-0.4, -0.2) is 11.4 Å². The molecule has 17 heavy (non-hydrogen) atoms. The van der Waals surface area contributed by atoms with Gasteiger partial charge in [0, 0.05) is 10.4 Å². The molecular weight excluding hydrogens is 232 g/mol. The summed E-state index contributed by atoms with van der Waals surface area (Å²) in [4.78, 5) is 13.0. The molecule has 4 heteroatoms. The third-order valence-corrected chi connectivity index (χ3v) is 4.51. The van der Waals surface area contributed by atoms with Gasteiger partial charge in [0.05, 0.1) is 0 Å². The molecule has 96 valence electrons. The van der Waals surface area contributed by atoms with Crippen LogP contribution in [0.15, 0.2) is 17.5 Å². The second-order valence-electron chi connectivity index (χ2n) is 4.32. The molecule has 0 spiro atoms. The third kappa shape index (κ3) is 3.30. The van der Waals surface area contributed by atoms with Crippen molar-refractivity contribution in [3.8, 4) is 0 Å². The lowest BCUT2D eigenvalue weighted by Crippen LogP contribution is -2.50. The van der Waals surface area contributed by atoms with Crippen LogP contribution in [0.4, 0.5) is 0 Å². The summed E-state index contributed by atoms with van der Waals surface area (Å²) >= 11 is 1.52. The van der Waals surface area contributed by atoms with E-state index in [1.54, 1.807) is 0 Å². The molecule has 0 radical (unpaired) electrons. The van der Waals surface area contributed by atoms with Crippen LogP contribution in [0.25, 0.3) is 0 Å². The molecule has 3 N–H and O–H groups in total. The lowest BCUT2D eigenvalue weighted by Gasteiger charge is -2.32. The summed E-state index contributed by atoms with van der Waals surface area (Å²) in [5.41, 5.74) is 5.85. The van der Waals surface area contributed by atoms with E-state index in [1.807, 2.05) is 17.5 Å². The van der Waals surface area contributed by atoms with Crippen molar-refractivity contribution in [1.29, 1.82) is 0 Å². The van der Waals surface area contributed by atoms with Crippen LogP contribution in [0.2, 0.25) is 0 Å². The Morgan fingerprint density at radius 2 is 2.00 bits per heavy atom. The van der Waals surface area contributed by atoms with Crippen molar-refractivity contribution in [2.75, 3.05) is 0 Å². The number of hydrogen-bond donors (Lipinski definition) is 2. The van der Waals surface area contributed by atoms with Crippen LogP contribution in [0, 0.1) is 0 Å². The van der Waals surface area contributed by atoms with Crippen LogP contribution in [0.5, 0.6) is 0 Å². The topological polar surface area (TPSA) is 55.1 Å². The largest absolute Gasteiger partial charge is 0.349 e. The van der Waals surface area contributed by atoms with Gasteiger partial charge in [-0.25, -0.2) is 0 Å². The fourth-order valence-electron chi connectivity index (χ4n) is 1.95. The number of rotatable bonds is 6. The average Bonchev–Trinajstić information content (AvgIpc) is 2.88. The van der Waals surface area contributed by atoms with Gasteiger partial charge in [0.15, 0.2) is 0 Å². The minimum Gasteiger partial charge on any atom is -0.349 e. The Bertz CT molecular complexity index is 336. The number of carbonyl (C=O) groups is 1. The highest BCUT2D eigenvalue weighted by Gasteiger charge is 2.28. The molecule has 0 saturated carbocycles. The molecule has 1 unspecified atom stereocenters. The molecule has 0 saturated heterocycles. The predicted octanol–water partition coefficient (Wildman–Crippen LogP) is 2.83. The molecule has 1 rings (SSSR count). The molecule has 1 heterocycles. The number of nitrogens with two attached hydrogens (primary N) is 1. The fourth-order valence-corrected chi connectivity index (χ4v) is 2.68. The highest BCUT2D eigenvalue weighted by molar-refractivity contribution is 7.10. The molecule has 0 aliphatic heterocycles. The van der Waals surface area contributed by atoms with Crippen molar-refractivity contribution in [1.82, 2.24) is 5.32 Å². The highest BCUT2D eigenvalue weighted by atomic mass is 32.1. The molecule has 1 aromatic heterocycles. The van der Waals surface area contributed by atoms with E-state index in [0.717, 1.165) is 24.1 Å². The summed E-state index contributed by atoms with van der Waals surface area (Å²) in [7, 11) is 0. The fraction of sp³-hybridized carbons (Fsp3) is 0.615.